The quantitative estimate of drug-likeness (QED) is 0.543. The molecule has 0 spiro atoms. The summed E-state index contributed by atoms with van der Waals surface area (Å²) < 4.78 is 29.2. The van der Waals surface area contributed by atoms with Gasteiger partial charge in [-0.05, 0) is 48.4 Å². The lowest BCUT2D eigenvalue weighted by Gasteiger charge is -2.31. The summed E-state index contributed by atoms with van der Waals surface area (Å²) in [5.74, 6) is -0.174. The van der Waals surface area contributed by atoms with Gasteiger partial charge in [-0.25, -0.2) is 8.42 Å². The van der Waals surface area contributed by atoms with Gasteiger partial charge in [0.2, 0.25) is 0 Å². The van der Waals surface area contributed by atoms with Crippen LogP contribution < -0.4 is 14.9 Å². The first-order valence-corrected chi connectivity index (χ1v) is 12.8. The minimum Gasteiger partial charge on any atom is -0.367 e. The highest BCUT2D eigenvalue weighted by Crippen LogP contribution is 2.30. The van der Waals surface area contributed by atoms with Crippen LogP contribution in [0.25, 0.3) is 0 Å². The molecule has 2 N–H and O–H groups in total. The molecule has 0 unspecified atom stereocenters. The van der Waals surface area contributed by atoms with Gasteiger partial charge in [-0.15, -0.1) is 0 Å². The molecule has 1 fully saturated rings. The fraction of sp³-hybridized carbons (Fsp3) is 0.269. The molecular formula is C26H30N4O3S. The Kier molecular flexibility index (Phi) is 7.19. The van der Waals surface area contributed by atoms with E-state index in [0.717, 1.165) is 43.0 Å². The molecule has 0 atom stereocenters. The summed E-state index contributed by atoms with van der Waals surface area (Å²) in [7, 11) is -2.08. The van der Waals surface area contributed by atoms with E-state index in [2.05, 4.69) is 14.9 Å². The van der Waals surface area contributed by atoms with Gasteiger partial charge in [0.1, 0.15) is 0 Å². The van der Waals surface area contributed by atoms with Crippen molar-refractivity contribution in [2.75, 3.05) is 42.8 Å². The SMILES string of the molecule is Cc1cccc(S(=O)(=O)Nc2cc(C(=O)N(C)Cc3ccccc3)ccc2N2CCNCC2)c1. The van der Waals surface area contributed by atoms with Crippen LogP contribution in [0.1, 0.15) is 21.5 Å². The zero-order valence-electron chi connectivity index (χ0n) is 19.5. The molecule has 7 nitrogen and oxygen atoms in total. The van der Waals surface area contributed by atoms with Crippen molar-refractivity contribution in [2.45, 2.75) is 18.4 Å². The maximum Gasteiger partial charge on any atom is 0.261 e. The van der Waals surface area contributed by atoms with E-state index in [-0.39, 0.29) is 10.8 Å². The lowest BCUT2D eigenvalue weighted by Crippen LogP contribution is -2.43. The Bertz CT molecular complexity index is 1260. The van der Waals surface area contributed by atoms with Crippen molar-refractivity contribution >= 4 is 27.3 Å². The van der Waals surface area contributed by atoms with Crippen LogP contribution >= 0.6 is 0 Å². The topological polar surface area (TPSA) is 81.8 Å². The molecule has 3 aromatic carbocycles. The van der Waals surface area contributed by atoms with Crippen molar-refractivity contribution in [1.29, 1.82) is 0 Å². The van der Waals surface area contributed by atoms with Crippen LogP contribution in [0.3, 0.4) is 0 Å². The molecule has 34 heavy (non-hydrogen) atoms. The predicted octanol–water partition coefficient (Wildman–Crippen LogP) is 3.48. The molecule has 178 valence electrons. The van der Waals surface area contributed by atoms with Gasteiger partial charge < -0.3 is 15.1 Å². The summed E-state index contributed by atoms with van der Waals surface area (Å²) in [6.07, 6.45) is 0. The van der Waals surface area contributed by atoms with E-state index < -0.39 is 10.0 Å². The number of nitrogens with zero attached hydrogens (tertiary/aromatic N) is 2. The lowest BCUT2D eigenvalue weighted by molar-refractivity contribution is 0.0785. The first kappa shape index (κ1) is 23.8. The molecule has 1 aliphatic rings. The largest absolute Gasteiger partial charge is 0.367 e. The zero-order valence-corrected chi connectivity index (χ0v) is 20.3. The summed E-state index contributed by atoms with van der Waals surface area (Å²) >= 11 is 0. The van der Waals surface area contributed by atoms with E-state index >= 15 is 0 Å². The minimum absolute atomic E-state index is 0.174. The predicted molar refractivity (Wildman–Crippen MR) is 136 cm³/mol. The van der Waals surface area contributed by atoms with Gasteiger partial charge in [0.15, 0.2) is 0 Å². The molecular weight excluding hydrogens is 448 g/mol. The van der Waals surface area contributed by atoms with Crippen LogP contribution in [0.15, 0.2) is 77.7 Å². The molecule has 0 saturated carbocycles. The Balaban J connectivity index is 1.66. The number of benzene rings is 3. The Morgan fingerprint density at radius 3 is 2.44 bits per heavy atom. The molecule has 1 heterocycles. The van der Waals surface area contributed by atoms with E-state index in [9.17, 15) is 13.2 Å². The summed E-state index contributed by atoms with van der Waals surface area (Å²) in [6, 6.07) is 21.8. The number of sulfonamides is 1. The van der Waals surface area contributed by atoms with E-state index in [1.165, 1.54) is 0 Å². The summed E-state index contributed by atoms with van der Waals surface area (Å²) in [5, 5.41) is 3.31. The first-order chi connectivity index (χ1) is 16.3. The molecule has 0 aliphatic carbocycles. The molecule has 0 aromatic heterocycles. The molecule has 1 amide bonds. The van der Waals surface area contributed by atoms with Crippen molar-refractivity contribution < 1.29 is 13.2 Å². The van der Waals surface area contributed by atoms with Crippen molar-refractivity contribution in [3.8, 4) is 0 Å². The van der Waals surface area contributed by atoms with Crippen molar-refractivity contribution in [3.05, 3.63) is 89.5 Å². The summed E-state index contributed by atoms with van der Waals surface area (Å²) in [4.78, 5) is 17.1. The van der Waals surface area contributed by atoms with Gasteiger partial charge in [-0.1, -0.05) is 42.5 Å². The number of amides is 1. The van der Waals surface area contributed by atoms with Crippen LogP contribution in [0.4, 0.5) is 11.4 Å². The molecule has 0 radical (unpaired) electrons. The Labute approximate surface area is 201 Å². The van der Waals surface area contributed by atoms with Gasteiger partial charge in [0.25, 0.3) is 15.9 Å². The second kappa shape index (κ2) is 10.3. The van der Waals surface area contributed by atoms with E-state index in [1.807, 2.05) is 49.4 Å². The number of anilines is 2. The molecule has 3 aromatic rings. The highest BCUT2D eigenvalue weighted by atomic mass is 32.2. The monoisotopic (exact) mass is 478 g/mol. The second-order valence-corrected chi connectivity index (χ2v) is 10.2. The van der Waals surface area contributed by atoms with Crippen LogP contribution in [0, 0.1) is 6.92 Å². The molecule has 0 bridgehead atoms. The number of nitrogens with one attached hydrogen (secondary N) is 2. The fourth-order valence-electron chi connectivity index (χ4n) is 4.07. The number of hydrogen-bond donors (Lipinski definition) is 2. The van der Waals surface area contributed by atoms with Crippen molar-refractivity contribution in [3.63, 3.8) is 0 Å². The Hall–Kier alpha value is -3.36. The average Bonchev–Trinajstić information content (AvgIpc) is 2.84. The maximum atomic E-state index is 13.2. The smallest absolute Gasteiger partial charge is 0.261 e. The van der Waals surface area contributed by atoms with E-state index in [0.29, 0.717) is 17.8 Å². The average molecular weight is 479 g/mol. The van der Waals surface area contributed by atoms with Crippen LogP contribution in [-0.2, 0) is 16.6 Å². The number of carbonyl (C=O) groups excluding carboxylic acids is 1. The fourth-order valence-corrected chi connectivity index (χ4v) is 5.24. The van der Waals surface area contributed by atoms with E-state index in [1.54, 1.807) is 42.3 Å². The summed E-state index contributed by atoms with van der Waals surface area (Å²) in [6.45, 7) is 5.44. The third-order valence-electron chi connectivity index (χ3n) is 5.85. The number of rotatable bonds is 7. The highest BCUT2D eigenvalue weighted by Gasteiger charge is 2.22. The Morgan fingerprint density at radius 2 is 1.74 bits per heavy atom. The third-order valence-corrected chi connectivity index (χ3v) is 7.22. The molecule has 4 rings (SSSR count). The molecule has 8 heteroatoms. The van der Waals surface area contributed by atoms with Gasteiger partial charge in [0, 0.05) is 45.3 Å². The van der Waals surface area contributed by atoms with E-state index in [4.69, 9.17) is 0 Å². The number of hydrogen-bond acceptors (Lipinski definition) is 5. The zero-order chi connectivity index (χ0) is 24.1. The number of aryl methyl sites for hydroxylation is 1. The van der Waals surface area contributed by atoms with Gasteiger partial charge >= 0.3 is 0 Å². The Morgan fingerprint density at radius 1 is 1.00 bits per heavy atom. The normalized spacial score (nSPS) is 14.0. The minimum atomic E-state index is -3.83. The van der Waals surface area contributed by atoms with Crippen LogP contribution in [0.5, 0.6) is 0 Å². The molecule has 1 aliphatic heterocycles. The first-order valence-electron chi connectivity index (χ1n) is 11.3. The second-order valence-electron chi connectivity index (χ2n) is 8.54. The van der Waals surface area contributed by atoms with Gasteiger partial charge in [0.05, 0.1) is 16.3 Å². The highest BCUT2D eigenvalue weighted by molar-refractivity contribution is 7.92. The summed E-state index contributed by atoms with van der Waals surface area (Å²) in [5.41, 5.74) is 3.48. The number of carbonyl (C=O) groups is 1. The van der Waals surface area contributed by atoms with Gasteiger partial charge in [-0.3, -0.25) is 9.52 Å². The van der Waals surface area contributed by atoms with Crippen LogP contribution in [-0.4, -0.2) is 52.5 Å². The number of piperazine rings is 1. The van der Waals surface area contributed by atoms with Crippen LogP contribution in [0.2, 0.25) is 0 Å². The maximum absolute atomic E-state index is 13.2. The molecule has 1 saturated heterocycles. The van der Waals surface area contributed by atoms with Gasteiger partial charge in [-0.2, -0.15) is 0 Å². The van der Waals surface area contributed by atoms with Crippen molar-refractivity contribution in [1.82, 2.24) is 10.2 Å². The third kappa shape index (κ3) is 5.58. The standard InChI is InChI=1S/C26H30N4O3S/c1-20-7-6-10-23(17-20)34(32,33)28-24-18-22(11-12-25(24)30-15-13-27-14-16-30)26(31)29(2)19-21-8-4-3-5-9-21/h3-12,17-18,27-28H,13-16,19H2,1-2H3. The van der Waals surface area contributed by atoms with Crippen molar-refractivity contribution in [2.24, 2.45) is 0 Å². The lowest BCUT2D eigenvalue weighted by atomic mass is 10.1.